The van der Waals surface area contributed by atoms with Crippen LogP contribution in [-0.4, -0.2) is 6.29 Å². The van der Waals surface area contributed by atoms with E-state index >= 15 is 0 Å². The van der Waals surface area contributed by atoms with Crippen LogP contribution in [0.5, 0.6) is 5.75 Å². The number of rotatable bonds is 4. The van der Waals surface area contributed by atoms with Crippen LogP contribution in [-0.2, 0) is 6.61 Å². The first kappa shape index (κ1) is 13.7. The SMILES string of the molecule is Cc1cc(Br)cc(C=O)c1OCc1cccc(F)c1. The molecule has 0 atom stereocenters. The van der Waals surface area contributed by atoms with Crippen LogP contribution in [0, 0.1) is 12.7 Å². The Morgan fingerprint density at radius 2 is 2.11 bits per heavy atom. The largest absolute Gasteiger partial charge is 0.488 e. The maximum atomic E-state index is 13.1. The molecule has 0 unspecified atom stereocenters. The molecule has 4 heteroatoms. The minimum absolute atomic E-state index is 0.223. The first-order valence-corrected chi connectivity index (χ1v) is 6.52. The van der Waals surface area contributed by atoms with Gasteiger partial charge >= 0.3 is 0 Å². The standard InChI is InChI=1S/C15H12BrFO2/c1-10-5-13(16)7-12(8-18)15(10)19-9-11-3-2-4-14(17)6-11/h2-8H,9H2,1H3. The number of hydrogen-bond donors (Lipinski definition) is 0. The van der Waals surface area contributed by atoms with Gasteiger partial charge in [0.2, 0.25) is 0 Å². The van der Waals surface area contributed by atoms with Crippen molar-refractivity contribution in [2.45, 2.75) is 13.5 Å². The van der Waals surface area contributed by atoms with Gasteiger partial charge in [0.05, 0.1) is 5.56 Å². The molecule has 0 amide bonds. The highest BCUT2D eigenvalue weighted by atomic mass is 79.9. The normalized spacial score (nSPS) is 10.3. The summed E-state index contributed by atoms with van der Waals surface area (Å²) in [6.07, 6.45) is 0.749. The third kappa shape index (κ3) is 3.41. The second-order valence-electron chi connectivity index (χ2n) is 4.18. The second-order valence-corrected chi connectivity index (χ2v) is 5.09. The van der Waals surface area contributed by atoms with Crippen molar-refractivity contribution in [1.29, 1.82) is 0 Å². The van der Waals surface area contributed by atoms with Gasteiger partial charge in [0, 0.05) is 4.47 Å². The van der Waals surface area contributed by atoms with Gasteiger partial charge in [-0.25, -0.2) is 4.39 Å². The number of carbonyl (C=O) groups excluding carboxylic acids is 1. The predicted octanol–water partition coefficient (Wildman–Crippen LogP) is 4.29. The van der Waals surface area contributed by atoms with E-state index in [0.29, 0.717) is 11.3 Å². The summed E-state index contributed by atoms with van der Waals surface area (Å²) >= 11 is 3.33. The molecule has 2 nitrogen and oxygen atoms in total. The molecule has 0 aliphatic carbocycles. The van der Waals surface area contributed by atoms with E-state index in [1.807, 2.05) is 13.0 Å². The van der Waals surface area contributed by atoms with E-state index in [-0.39, 0.29) is 12.4 Å². The fraction of sp³-hybridized carbons (Fsp3) is 0.133. The van der Waals surface area contributed by atoms with Gasteiger partial charge in [-0.2, -0.15) is 0 Å². The fourth-order valence-electron chi connectivity index (χ4n) is 1.82. The Balaban J connectivity index is 2.22. The average molecular weight is 323 g/mol. The first-order valence-electron chi connectivity index (χ1n) is 5.72. The molecule has 0 aromatic heterocycles. The zero-order chi connectivity index (χ0) is 13.8. The summed E-state index contributed by atoms with van der Waals surface area (Å²) in [5.74, 6) is 0.228. The molecule has 0 radical (unpaired) electrons. The summed E-state index contributed by atoms with van der Waals surface area (Å²) in [6.45, 7) is 2.08. The second kappa shape index (κ2) is 5.97. The molecule has 0 aliphatic rings. The van der Waals surface area contributed by atoms with Crippen molar-refractivity contribution in [3.05, 3.63) is 63.4 Å². The summed E-state index contributed by atoms with van der Waals surface area (Å²) in [7, 11) is 0. The molecule has 19 heavy (non-hydrogen) atoms. The van der Waals surface area contributed by atoms with E-state index in [4.69, 9.17) is 4.74 Å². The Kier molecular flexibility index (Phi) is 4.32. The highest BCUT2D eigenvalue weighted by Crippen LogP contribution is 2.27. The van der Waals surface area contributed by atoms with Gasteiger partial charge in [-0.3, -0.25) is 4.79 Å². The van der Waals surface area contributed by atoms with Crippen LogP contribution >= 0.6 is 15.9 Å². The first-order chi connectivity index (χ1) is 9.10. The molecule has 0 fully saturated rings. The monoisotopic (exact) mass is 322 g/mol. The van der Waals surface area contributed by atoms with E-state index in [1.54, 1.807) is 18.2 Å². The molecule has 0 saturated carbocycles. The maximum Gasteiger partial charge on any atom is 0.153 e. The van der Waals surface area contributed by atoms with Gasteiger partial charge < -0.3 is 4.74 Å². The van der Waals surface area contributed by atoms with Crippen LogP contribution in [0.4, 0.5) is 4.39 Å². The van der Waals surface area contributed by atoms with E-state index in [2.05, 4.69) is 15.9 Å². The van der Waals surface area contributed by atoms with Crippen LogP contribution in [0.25, 0.3) is 0 Å². The molecule has 0 saturated heterocycles. The lowest BCUT2D eigenvalue weighted by Crippen LogP contribution is -2.00. The fourth-order valence-corrected chi connectivity index (χ4v) is 2.41. The molecule has 98 valence electrons. The highest BCUT2D eigenvalue weighted by Gasteiger charge is 2.09. The third-order valence-electron chi connectivity index (χ3n) is 2.67. The van der Waals surface area contributed by atoms with E-state index in [1.165, 1.54) is 12.1 Å². The van der Waals surface area contributed by atoms with Crippen molar-refractivity contribution >= 4 is 22.2 Å². The van der Waals surface area contributed by atoms with E-state index in [0.717, 1.165) is 21.9 Å². The molecular formula is C15H12BrFO2. The molecule has 0 N–H and O–H groups in total. The van der Waals surface area contributed by atoms with Crippen LogP contribution in [0.1, 0.15) is 21.5 Å². The maximum absolute atomic E-state index is 13.1. The van der Waals surface area contributed by atoms with Crippen molar-refractivity contribution in [3.63, 3.8) is 0 Å². The van der Waals surface area contributed by atoms with Crippen LogP contribution in [0.15, 0.2) is 40.9 Å². The third-order valence-corrected chi connectivity index (χ3v) is 3.13. The number of benzene rings is 2. The summed E-state index contributed by atoms with van der Waals surface area (Å²) in [5.41, 5.74) is 2.05. The number of halogens is 2. The number of aryl methyl sites for hydroxylation is 1. The number of carbonyl (C=O) groups is 1. The van der Waals surface area contributed by atoms with Crippen molar-refractivity contribution in [1.82, 2.24) is 0 Å². The van der Waals surface area contributed by atoms with Gasteiger partial charge in [0.25, 0.3) is 0 Å². The topological polar surface area (TPSA) is 26.3 Å². The smallest absolute Gasteiger partial charge is 0.153 e. The van der Waals surface area contributed by atoms with Crippen LogP contribution in [0.3, 0.4) is 0 Å². The number of ether oxygens (including phenoxy) is 1. The quantitative estimate of drug-likeness (QED) is 0.785. The Labute approximate surface area is 119 Å². The average Bonchev–Trinajstić information content (AvgIpc) is 2.37. The van der Waals surface area contributed by atoms with E-state index < -0.39 is 0 Å². The highest BCUT2D eigenvalue weighted by molar-refractivity contribution is 9.10. The molecule has 0 spiro atoms. The van der Waals surface area contributed by atoms with Gasteiger partial charge in [-0.15, -0.1) is 0 Å². The molecule has 0 bridgehead atoms. The van der Waals surface area contributed by atoms with Crippen LogP contribution in [0.2, 0.25) is 0 Å². The molecule has 0 aliphatic heterocycles. The number of aldehydes is 1. The molecule has 2 rings (SSSR count). The lowest BCUT2D eigenvalue weighted by Gasteiger charge is -2.12. The molecular weight excluding hydrogens is 311 g/mol. The Morgan fingerprint density at radius 3 is 2.79 bits per heavy atom. The molecule has 2 aromatic rings. The molecule has 0 heterocycles. The van der Waals surface area contributed by atoms with Gasteiger partial charge in [0.1, 0.15) is 18.2 Å². The Hall–Kier alpha value is -1.68. The summed E-state index contributed by atoms with van der Waals surface area (Å²) in [4.78, 5) is 11.0. The lowest BCUT2D eigenvalue weighted by molar-refractivity contribution is 0.111. The zero-order valence-electron chi connectivity index (χ0n) is 10.3. The summed E-state index contributed by atoms with van der Waals surface area (Å²) in [6, 6.07) is 9.76. The minimum Gasteiger partial charge on any atom is -0.488 e. The van der Waals surface area contributed by atoms with Gasteiger partial charge in [-0.1, -0.05) is 28.1 Å². The van der Waals surface area contributed by atoms with E-state index in [9.17, 15) is 9.18 Å². The predicted molar refractivity (Wildman–Crippen MR) is 75.0 cm³/mol. The minimum atomic E-state index is -0.302. The van der Waals surface area contributed by atoms with Gasteiger partial charge in [-0.05, 0) is 42.3 Å². The van der Waals surface area contributed by atoms with Crippen LogP contribution < -0.4 is 4.74 Å². The van der Waals surface area contributed by atoms with Crippen molar-refractivity contribution in [2.24, 2.45) is 0 Å². The van der Waals surface area contributed by atoms with Crippen molar-refractivity contribution in [2.75, 3.05) is 0 Å². The number of hydrogen-bond acceptors (Lipinski definition) is 2. The Morgan fingerprint density at radius 1 is 1.32 bits per heavy atom. The lowest BCUT2D eigenvalue weighted by atomic mass is 10.1. The summed E-state index contributed by atoms with van der Waals surface area (Å²) in [5, 5.41) is 0. The summed E-state index contributed by atoms with van der Waals surface area (Å²) < 4.78 is 19.5. The van der Waals surface area contributed by atoms with Gasteiger partial charge in [0.15, 0.2) is 6.29 Å². The van der Waals surface area contributed by atoms with Crippen molar-refractivity contribution < 1.29 is 13.9 Å². The molecule has 2 aromatic carbocycles. The van der Waals surface area contributed by atoms with Crippen molar-refractivity contribution in [3.8, 4) is 5.75 Å². The zero-order valence-corrected chi connectivity index (χ0v) is 11.9. The Bertz CT molecular complexity index is 611.